The van der Waals surface area contributed by atoms with E-state index in [1.807, 2.05) is 0 Å². The highest BCUT2D eigenvalue weighted by molar-refractivity contribution is 6.23. The Labute approximate surface area is 156 Å². The van der Waals surface area contributed by atoms with Gasteiger partial charge in [-0.1, -0.05) is 12.1 Å². The van der Waals surface area contributed by atoms with E-state index < -0.39 is 35.2 Å². The number of hydrogen-bond donors (Lipinski definition) is 2. The fraction of sp³-hybridized carbons (Fsp3) is 0.474. The fourth-order valence-electron chi connectivity index (χ4n) is 2.69. The molecule has 0 aliphatic rings. The molecule has 0 spiro atoms. The van der Waals surface area contributed by atoms with E-state index in [1.54, 1.807) is 19.9 Å². The van der Waals surface area contributed by atoms with Gasteiger partial charge in [0.2, 0.25) is 0 Å². The number of aryl methyl sites for hydroxylation is 1. The highest BCUT2D eigenvalue weighted by atomic mass is 19.4. The Balaban J connectivity index is 3.13. The number of nitrogens with zero attached hydrogens (tertiary/aromatic N) is 1. The third-order valence-electron chi connectivity index (χ3n) is 4.02. The van der Waals surface area contributed by atoms with E-state index in [0.717, 1.165) is 6.08 Å². The smallest absolute Gasteiger partial charge is 0.348 e. The van der Waals surface area contributed by atoms with Crippen LogP contribution in [0.5, 0.6) is 0 Å². The predicted octanol–water partition coefficient (Wildman–Crippen LogP) is 3.88. The summed E-state index contributed by atoms with van der Waals surface area (Å²) in [5.41, 5.74) is 5.56. The van der Waals surface area contributed by atoms with Crippen LogP contribution in [0.1, 0.15) is 43.0 Å². The molecule has 0 aliphatic heterocycles. The Morgan fingerprint density at radius 1 is 1.33 bits per heavy atom. The normalized spacial score (nSPS) is 13.3. The molecule has 0 aliphatic carbocycles. The van der Waals surface area contributed by atoms with E-state index in [0.29, 0.717) is 22.3 Å². The van der Waals surface area contributed by atoms with E-state index in [2.05, 4.69) is 10.3 Å². The lowest BCUT2D eigenvalue weighted by atomic mass is 9.98. The van der Waals surface area contributed by atoms with Crippen molar-refractivity contribution < 1.29 is 22.4 Å². The first-order valence-electron chi connectivity index (χ1n) is 8.51. The van der Waals surface area contributed by atoms with Crippen molar-refractivity contribution in [1.82, 2.24) is 5.32 Å². The zero-order valence-corrected chi connectivity index (χ0v) is 16.1. The summed E-state index contributed by atoms with van der Waals surface area (Å²) >= 11 is 0. The van der Waals surface area contributed by atoms with E-state index >= 15 is 0 Å². The third kappa shape index (κ3) is 5.63. The van der Waals surface area contributed by atoms with Crippen LogP contribution in [0.4, 0.5) is 17.6 Å². The number of amides is 1. The molecule has 3 N–H and O–H groups in total. The van der Waals surface area contributed by atoms with Crippen LogP contribution in [-0.2, 0) is 17.9 Å². The van der Waals surface area contributed by atoms with Gasteiger partial charge in [0.25, 0.3) is 5.91 Å². The largest absolute Gasteiger partial charge is 0.433 e. The van der Waals surface area contributed by atoms with Crippen LogP contribution >= 0.6 is 0 Å². The van der Waals surface area contributed by atoms with Gasteiger partial charge in [0.15, 0.2) is 5.71 Å². The second-order valence-corrected chi connectivity index (χ2v) is 6.43. The van der Waals surface area contributed by atoms with Crippen LogP contribution in [0.3, 0.4) is 0 Å². The average Bonchev–Trinajstić information content (AvgIpc) is 2.56. The maximum atomic E-state index is 14.2. The molecule has 8 heteroatoms. The van der Waals surface area contributed by atoms with Gasteiger partial charge < -0.3 is 11.1 Å². The Bertz CT molecular complexity index is 765. The monoisotopic (exact) mass is 387 g/mol. The minimum Gasteiger partial charge on any atom is -0.348 e. The molecule has 1 rings (SSSR count). The van der Waals surface area contributed by atoms with Crippen molar-refractivity contribution in [3.05, 3.63) is 45.8 Å². The summed E-state index contributed by atoms with van der Waals surface area (Å²) in [5.74, 6) is -1.40. The average molecular weight is 387 g/mol. The van der Waals surface area contributed by atoms with Gasteiger partial charge in [-0.05, 0) is 51.3 Å². The molecule has 27 heavy (non-hydrogen) atoms. The third-order valence-corrected chi connectivity index (χ3v) is 4.02. The Morgan fingerprint density at radius 3 is 2.37 bits per heavy atom. The van der Waals surface area contributed by atoms with Gasteiger partial charge in [-0.25, -0.2) is 4.39 Å². The molecular weight excluding hydrogens is 362 g/mol. The molecule has 0 unspecified atom stereocenters. The summed E-state index contributed by atoms with van der Waals surface area (Å²) in [4.78, 5) is 15.9. The topological polar surface area (TPSA) is 67.5 Å². The van der Waals surface area contributed by atoms with Crippen LogP contribution in [0.25, 0.3) is 0 Å². The van der Waals surface area contributed by atoms with Gasteiger partial charge in [0.05, 0.1) is 5.57 Å². The van der Waals surface area contributed by atoms with E-state index in [-0.39, 0.29) is 13.1 Å². The van der Waals surface area contributed by atoms with Crippen LogP contribution in [0.2, 0.25) is 0 Å². The maximum Gasteiger partial charge on any atom is 0.433 e. The zero-order chi connectivity index (χ0) is 20.9. The molecular formula is C19H25F4N3O. The van der Waals surface area contributed by atoms with Gasteiger partial charge in [-0.15, -0.1) is 0 Å². The summed E-state index contributed by atoms with van der Waals surface area (Å²) in [6.45, 7) is 7.51. The fourth-order valence-corrected chi connectivity index (χ4v) is 2.69. The molecule has 1 aromatic rings. The molecule has 0 atom stereocenters. The summed E-state index contributed by atoms with van der Waals surface area (Å²) in [6.07, 6.45) is -3.69. The van der Waals surface area contributed by atoms with E-state index in [4.69, 9.17) is 5.73 Å². The van der Waals surface area contributed by atoms with Crippen molar-refractivity contribution in [2.45, 2.75) is 59.9 Å². The van der Waals surface area contributed by atoms with Gasteiger partial charge in [0.1, 0.15) is 5.82 Å². The summed E-state index contributed by atoms with van der Waals surface area (Å²) in [7, 11) is 0. The van der Waals surface area contributed by atoms with Gasteiger partial charge in [-0.2, -0.15) is 13.2 Å². The molecule has 0 bridgehead atoms. The number of nitrogens with one attached hydrogen (secondary N) is 1. The zero-order valence-electron chi connectivity index (χ0n) is 16.1. The summed E-state index contributed by atoms with van der Waals surface area (Å²) in [6, 6.07) is 0.939. The highest BCUT2D eigenvalue weighted by Gasteiger charge is 2.40. The minimum absolute atomic E-state index is 0.0312. The van der Waals surface area contributed by atoms with Crippen molar-refractivity contribution in [3.63, 3.8) is 0 Å². The number of hydrogen-bond acceptors (Lipinski definition) is 3. The lowest BCUT2D eigenvalue weighted by Crippen LogP contribution is -2.35. The SMILES string of the molecule is C/C=C(C(=O)NCc1c(C)cc(CN)c(F)c1C)\C(=N/C(C)C)C(F)(F)F. The summed E-state index contributed by atoms with van der Waals surface area (Å²) < 4.78 is 54.1. The van der Waals surface area contributed by atoms with Crippen molar-refractivity contribution in [2.75, 3.05) is 0 Å². The number of halogens is 4. The second kappa shape index (κ2) is 9.12. The molecule has 0 saturated heterocycles. The first-order chi connectivity index (χ1) is 12.4. The quantitative estimate of drug-likeness (QED) is 0.442. The standard InChI is InChI=1S/C19H25F4N3O/c1-6-14(17(19(21,22)23)26-10(2)3)18(27)25-9-15-11(4)7-13(8-24)16(20)12(15)5/h6-7,10H,8-9,24H2,1-5H3,(H,25,27)/b14-6+,26-17+. The van der Waals surface area contributed by atoms with Crippen LogP contribution in [-0.4, -0.2) is 23.8 Å². The number of aliphatic imine (C=N–C) groups is 1. The molecule has 0 radical (unpaired) electrons. The molecule has 0 aromatic heterocycles. The number of nitrogens with two attached hydrogens (primary N) is 1. The molecule has 150 valence electrons. The first kappa shape index (κ1) is 22.8. The molecule has 0 saturated carbocycles. The Hall–Kier alpha value is -2.22. The van der Waals surface area contributed by atoms with E-state index in [9.17, 15) is 22.4 Å². The summed E-state index contributed by atoms with van der Waals surface area (Å²) in [5, 5.41) is 2.44. The Morgan fingerprint density at radius 2 is 1.93 bits per heavy atom. The number of allylic oxidation sites excluding steroid dienone is 1. The molecule has 0 fully saturated rings. The lowest BCUT2D eigenvalue weighted by Gasteiger charge is -2.17. The number of carbonyl (C=O) groups is 1. The van der Waals surface area contributed by atoms with Crippen molar-refractivity contribution in [3.8, 4) is 0 Å². The van der Waals surface area contributed by atoms with Crippen molar-refractivity contribution in [2.24, 2.45) is 10.7 Å². The molecule has 1 amide bonds. The van der Waals surface area contributed by atoms with Crippen molar-refractivity contribution in [1.29, 1.82) is 0 Å². The maximum absolute atomic E-state index is 14.2. The van der Waals surface area contributed by atoms with Crippen LogP contribution in [0, 0.1) is 19.7 Å². The van der Waals surface area contributed by atoms with Gasteiger partial charge >= 0.3 is 6.18 Å². The molecule has 1 aromatic carbocycles. The number of alkyl halides is 3. The van der Waals surface area contributed by atoms with Gasteiger partial charge in [-0.3, -0.25) is 9.79 Å². The van der Waals surface area contributed by atoms with Crippen molar-refractivity contribution >= 4 is 11.6 Å². The number of carbonyl (C=O) groups excluding carboxylic acids is 1. The molecule has 0 heterocycles. The predicted molar refractivity (Wildman–Crippen MR) is 98.0 cm³/mol. The lowest BCUT2D eigenvalue weighted by molar-refractivity contribution is -0.117. The van der Waals surface area contributed by atoms with Gasteiger partial charge in [0, 0.05) is 24.7 Å². The minimum atomic E-state index is -4.76. The second-order valence-electron chi connectivity index (χ2n) is 6.43. The number of benzene rings is 1. The first-order valence-corrected chi connectivity index (χ1v) is 8.51. The number of rotatable bonds is 6. The van der Waals surface area contributed by atoms with Crippen LogP contribution in [0.15, 0.2) is 22.7 Å². The molecule has 4 nitrogen and oxygen atoms in total. The highest BCUT2D eigenvalue weighted by Crippen LogP contribution is 2.24. The Kier molecular flexibility index (Phi) is 7.71. The van der Waals surface area contributed by atoms with E-state index in [1.165, 1.54) is 20.8 Å². The van der Waals surface area contributed by atoms with Crippen LogP contribution < -0.4 is 11.1 Å².